The highest BCUT2D eigenvalue weighted by molar-refractivity contribution is 5.82. The lowest BCUT2D eigenvalue weighted by Gasteiger charge is -2.18. The first-order valence-corrected chi connectivity index (χ1v) is 6.67. The number of nitrogens with zero attached hydrogens (tertiary/aromatic N) is 1. The molecule has 0 radical (unpaired) electrons. The minimum Gasteiger partial charge on any atom is -0.480 e. The number of carbonyl (C=O) groups is 2. The molecule has 0 spiro atoms. The van der Waals surface area contributed by atoms with Crippen molar-refractivity contribution in [3.8, 4) is 0 Å². The van der Waals surface area contributed by atoms with Crippen LogP contribution in [-0.4, -0.2) is 39.9 Å². The van der Waals surface area contributed by atoms with Gasteiger partial charge in [-0.15, -0.1) is 0 Å². The summed E-state index contributed by atoms with van der Waals surface area (Å²) < 4.78 is 0. The molecule has 1 atom stereocenters. The van der Waals surface area contributed by atoms with E-state index in [1.54, 1.807) is 20.0 Å². The summed E-state index contributed by atoms with van der Waals surface area (Å²) in [7, 11) is 0. The quantitative estimate of drug-likeness (QED) is 0.561. The highest BCUT2D eigenvalue weighted by atomic mass is 16.4. The van der Waals surface area contributed by atoms with E-state index >= 15 is 0 Å². The third-order valence-corrected chi connectivity index (χ3v) is 3.06. The molecule has 7 nitrogen and oxygen atoms in total. The van der Waals surface area contributed by atoms with Gasteiger partial charge in [0.1, 0.15) is 6.04 Å². The van der Waals surface area contributed by atoms with Crippen LogP contribution in [0.4, 0.5) is 4.79 Å². The molecule has 0 aliphatic rings. The lowest BCUT2D eigenvalue weighted by atomic mass is 10.1. The van der Waals surface area contributed by atoms with Crippen LogP contribution in [0.3, 0.4) is 0 Å². The normalized spacial score (nSPS) is 12.2. The van der Waals surface area contributed by atoms with Crippen molar-refractivity contribution in [3.63, 3.8) is 0 Å². The first-order chi connectivity index (χ1) is 9.41. The van der Waals surface area contributed by atoms with Gasteiger partial charge in [0.15, 0.2) is 0 Å². The number of aliphatic carboxylic acids is 1. The number of carbonyl (C=O) groups excluding carboxylic acids is 1. The Morgan fingerprint density at radius 2 is 2.15 bits per heavy atom. The largest absolute Gasteiger partial charge is 0.480 e. The zero-order valence-electron chi connectivity index (χ0n) is 12.1. The first-order valence-electron chi connectivity index (χ1n) is 6.67. The molecule has 4 N–H and O–H groups in total. The summed E-state index contributed by atoms with van der Waals surface area (Å²) >= 11 is 0. The van der Waals surface area contributed by atoms with Crippen molar-refractivity contribution in [2.24, 2.45) is 5.92 Å². The maximum absolute atomic E-state index is 11.6. The molecule has 0 saturated heterocycles. The van der Waals surface area contributed by atoms with Gasteiger partial charge in [-0.05, 0) is 31.2 Å². The number of aromatic nitrogens is 2. The number of carboxylic acid groups (broad SMARTS) is 1. The van der Waals surface area contributed by atoms with Crippen LogP contribution in [0.5, 0.6) is 0 Å². The number of aromatic amines is 1. The number of rotatable bonds is 7. The van der Waals surface area contributed by atoms with Gasteiger partial charge in [0.05, 0.1) is 6.20 Å². The van der Waals surface area contributed by atoms with Gasteiger partial charge >= 0.3 is 12.0 Å². The van der Waals surface area contributed by atoms with Crippen LogP contribution in [0, 0.1) is 12.8 Å². The number of urea groups is 1. The van der Waals surface area contributed by atoms with Crippen molar-refractivity contribution in [2.75, 3.05) is 6.54 Å². The monoisotopic (exact) mass is 282 g/mol. The predicted molar refractivity (Wildman–Crippen MR) is 74.4 cm³/mol. The van der Waals surface area contributed by atoms with E-state index in [4.69, 9.17) is 5.11 Å². The highest BCUT2D eigenvalue weighted by Gasteiger charge is 2.22. The maximum atomic E-state index is 11.6. The fraction of sp³-hybridized carbons (Fsp3) is 0.615. The predicted octanol–water partition coefficient (Wildman–Crippen LogP) is 1.06. The maximum Gasteiger partial charge on any atom is 0.326 e. The van der Waals surface area contributed by atoms with Crippen molar-refractivity contribution < 1.29 is 14.7 Å². The van der Waals surface area contributed by atoms with E-state index in [9.17, 15) is 9.59 Å². The Balaban J connectivity index is 2.26. The number of nitrogens with one attached hydrogen (secondary N) is 3. The summed E-state index contributed by atoms with van der Waals surface area (Å²) in [5.41, 5.74) is 2.15. The van der Waals surface area contributed by atoms with E-state index in [1.165, 1.54) is 0 Å². The lowest BCUT2D eigenvalue weighted by Crippen LogP contribution is -2.48. The van der Waals surface area contributed by atoms with Gasteiger partial charge in [-0.1, -0.05) is 13.8 Å². The van der Waals surface area contributed by atoms with Crippen LogP contribution >= 0.6 is 0 Å². The smallest absolute Gasteiger partial charge is 0.326 e. The topological polar surface area (TPSA) is 107 Å². The SMILES string of the molecule is Cc1[nH]ncc1CCCNC(=O)N[C@@H](C(=O)O)C(C)C. The van der Waals surface area contributed by atoms with E-state index in [0.29, 0.717) is 6.54 Å². The molecule has 0 saturated carbocycles. The zero-order valence-corrected chi connectivity index (χ0v) is 12.1. The Kier molecular flexibility index (Phi) is 6.02. The second kappa shape index (κ2) is 7.52. The van der Waals surface area contributed by atoms with Crippen LogP contribution in [0.2, 0.25) is 0 Å². The average Bonchev–Trinajstić information content (AvgIpc) is 2.76. The average molecular weight is 282 g/mol. The summed E-state index contributed by atoms with van der Waals surface area (Å²) in [6.45, 7) is 5.94. The number of H-pyrrole nitrogens is 1. The highest BCUT2D eigenvalue weighted by Crippen LogP contribution is 2.05. The van der Waals surface area contributed by atoms with Gasteiger partial charge in [0, 0.05) is 12.2 Å². The Bertz CT molecular complexity index is 456. The molecule has 0 fully saturated rings. The van der Waals surface area contributed by atoms with E-state index in [2.05, 4.69) is 20.8 Å². The molecular formula is C13H22N4O3. The molecule has 0 aliphatic heterocycles. The molecule has 0 bridgehead atoms. The molecule has 112 valence electrons. The van der Waals surface area contributed by atoms with Crippen molar-refractivity contribution in [1.82, 2.24) is 20.8 Å². The van der Waals surface area contributed by atoms with Crippen molar-refractivity contribution in [2.45, 2.75) is 39.7 Å². The van der Waals surface area contributed by atoms with Gasteiger partial charge in [0.25, 0.3) is 0 Å². The summed E-state index contributed by atoms with van der Waals surface area (Å²) in [4.78, 5) is 22.5. The van der Waals surface area contributed by atoms with Gasteiger partial charge < -0.3 is 15.7 Å². The minimum atomic E-state index is -1.02. The van der Waals surface area contributed by atoms with E-state index in [0.717, 1.165) is 24.1 Å². The molecule has 0 unspecified atom stereocenters. The molecule has 1 rings (SSSR count). The molecule has 1 heterocycles. The molecule has 0 aliphatic carbocycles. The van der Waals surface area contributed by atoms with Crippen LogP contribution in [0.1, 0.15) is 31.5 Å². The number of carboxylic acids is 1. The summed E-state index contributed by atoms with van der Waals surface area (Å²) in [5.74, 6) is -1.18. The third kappa shape index (κ3) is 4.91. The van der Waals surface area contributed by atoms with Gasteiger partial charge in [0.2, 0.25) is 0 Å². The fourth-order valence-corrected chi connectivity index (χ4v) is 1.81. The molecule has 7 heteroatoms. The Morgan fingerprint density at radius 3 is 2.65 bits per heavy atom. The summed E-state index contributed by atoms with van der Waals surface area (Å²) in [6, 6.07) is -1.32. The Labute approximate surface area is 118 Å². The van der Waals surface area contributed by atoms with Crippen LogP contribution < -0.4 is 10.6 Å². The second-order valence-corrected chi connectivity index (χ2v) is 5.08. The van der Waals surface area contributed by atoms with Gasteiger partial charge in [-0.2, -0.15) is 5.10 Å². The molecule has 1 aromatic rings. The lowest BCUT2D eigenvalue weighted by molar-refractivity contribution is -0.140. The number of aryl methyl sites for hydroxylation is 2. The van der Waals surface area contributed by atoms with Crippen LogP contribution in [0.25, 0.3) is 0 Å². The molecule has 20 heavy (non-hydrogen) atoms. The second-order valence-electron chi connectivity index (χ2n) is 5.08. The molecule has 0 aromatic carbocycles. The number of hydrogen-bond acceptors (Lipinski definition) is 3. The van der Waals surface area contributed by atoms with E-state index in [-0.39, 0.29) is 5.92 Å². The van der Waals surface area contributed by atoms with Crippen molar-refractivity contribution in [3.05, 3.63) is 17.5 Å². The van der Waals surface area contributed by atoms with Crippen LogP contribution in [0.15, 0.2) is 6.20 Å². The first kappa shape index (κ1) is 16.0. The fourth-order valence-electron chi connectivity index (χ4n) is 1.81. The van der Waals surface area contributed by atoms with Gasteiger partial charge in [-0.3, -0.25) is 5.10 Å². The Morgan fingerprint density at radius 1 is 1.45 bits per heavy atom. The summed E-state index contributed by atoms with van der Waals surface area (Å²) in [6.07, 6.45) is 3.36. The number of hydrogen-bond donors (Lipinski definition) is 4. The summed E-state index contributed by atoms with van der Waals surface area (Å²) in [5, 5.41) is 20.9. The van der Waals surface area contributed by atoms with E-state index < -0.39 is 18.0 Å². The van der Waals surface area contributed by atoms with Crippen molar-refractivity contribution >= 4 is 12.0 Å². The minimum absolute atomic E-state index is 0.160. The molecule has 2 amide bonds. The van der Waals surface area contributed by atoms with E-state index in [1.807, 2.05) is 6.92 Å². The van der Waals surface area contributed by atoms with Gasteiger partial charge in [-0.25, -0.2) is 9.59 Å². The number of amides is 2. The third-order valence-electron chi connectivity index (χ3n) is 3.06. The van der Waals surface area contributed by atoms with Crippen molar-refractivity contribution in [1.29, 1.82) is 0 Å². The zero-order chi connectivity index (χ0) is 15.1. The molecule has 1 aromatic heterocycles. The standard InChI is InChI=1S/C13H22N4O3/c1-8(2)11(12(18)19)16-13(20)14-6-4-5-10-7-15-17-9(10)3/h7-8,11H,4-6H2,1-3H3,(H,15,17)(H,18,19)(H2,14,16,20)/t11-/m1/s1. The Hall–Kier alpha value is -2.05. The van der Waals surface area contributed by atoms with Crippen LogP contribution in [-0.2, 0) is 11.2 Å². The molecular weight excluding hydrogens is 260 g/mol.